The van der Waals surface area contributed by atoms with Crippen LogP contribution in [0.5, 0.6) is 0 Å². The van der Waals surface area contributed by atoms with Gasteiger partial charge in [-0.15, -0.1) is 10.2 Å². The Bertz CT molecular complexity index is 1040. The molecule has 9 heteroatoms. The van der Waals surface area contributed by atoms with Crippen molar-refractivity contribution in [3.8, 4) is 0 Å². The maximum Gasteiger partial charge on any atom is 0.411 e. The Kier molecular flexibility index (Phi) is 7.54. The number of carbonyl (C=O) groups is 1. The number of halogens is 3. The minimum atomic E-state index is -4.51. The highest BCUT2D eigenvalue weighted by atomic mass is 19.4. The SMILES string of the molecule is Cc1ccc(NC(=O)C[C@H](OCC(F)(F)F)c2nnc(C3CC(CC(C)C)C3)n2C2CC2)c(C)c1. The number of rotatable bonds is 10. The second-order valence-corrected chi connectivity index (χ2v) is 10.7. The summed E-state index contributed by atoms with van der Waals surface area (Å²) >= 11 is 0. The molecule has 0 radical (unpaired) electrons. The molecule has 1 aromatic carbocycles. The molecule has 0 spiro atoms. The van der Waals surface area contributed by atoms with Gasteiger partial charge in [0.15, 0.2) is 5.82 Å². The second-order valence-electron chi connectivity index (χ2n) is 10.7. The van der Waals surface area contributed by atoms with Crippen molar-refractivity contribution in [2.24, 2.45) is 11.8 Å². The average molecular weight is 493 g/mol. The van der Waals surface area contributed by atoms with E-state index < -0.39 is 24.8 Å². The van der Waals surface area contributed by atoms with E-state index in [9.17, 15) is 18.0 Å². The summed E-state index contributed by atoms with van der Waals surface area (Å²) < 4.78 is 46.4. The van der Waals surface area contributed by atoms with Crippen molar-refractivity contribution in [3.63, 3.8) is 0 Å². The van der Waals surface area contributed by atoms with Crippen LogP contribution in [0.2, 0.25) is 0 Å². The molecule has 2 fully saturated rings. The molecule has 1 atom stereocenters. The molecule has 6 nitrogen and oxygen atoms in total. The molecule has 2 saturated carbocycles. The van der Waals surface area contributed by atoms with Gasteiger partial charge in [-0.25, -0.2) is 0 Å². The van der Waals surface area contributed by atoms with Gasteiger partial charge in [0.05, 0.1) is 6.42 Å². The van der Waals surface area contributed by atoms with Crippen molar-refractivity contribution in [3.05, 3.63) is 41.0 Å². The van der Waals surface area contributed by atoms with Gasteiger partial charge in [-0.3, -0.25) is 4.79 Å². The monoisotopic (exact) mass is 492 g/mol. The molecule has 1 amide bonds. The Morgan fingerprint density at radius 3 is 2.51 bits per heavy atom. The van der Waals surface area contributed by atoms with Crippen molar-refractivity contribution >= 4 is 11.6 Å². The largest absolute Gasteiger partial charge is 0.411 e. The predicted molar refractivity (Wildman–Crippen MR) is 127 cm³/mol. The number of carbonyl (C=O) groups excluding carboxylic acids is 1. The maximum atomic E-state index is 13.1. The molecule has 0 aliphatic heterocycles. The van der Waals surface area contributed by atoms with E-state index in [1.807, 2.05) is 30.5 Å². The lowest BCUT2D eigenvalue weighted by Gasteiger charge is -2.36. The number of nitrogens with one attached hydrogen (secondary N) is 1. The number of hydrogen-bond donors (Lipinski definition) is 1. The summed E-state index contributed by atoms with van der Waals surface area (Å²) in [5.41, 5.74) is 2.57. The van der Waals surface area contributed by atoms with Gasteiger partial charge in [0.25, 0.3) is 0 Å². The standard InChI is InChI=1S/C26H35F3N4O2/c1-15(2)9-18-11-19(12-18)24-31-32-25(33(24)20-6-7-20)22(35-14-26(27,28)29)13-23(34)30-21-8-5-16(3)10-17(21)4/h5,8,10,15,18-20,22H,6-7,9,11-14H2,1-4H3,(H,30,34)/t18?,19?,22-/m0/s1. The number of aromatic nitrogens is 3. The van der Waals surface area contributed by atoms with Crippen LogP contribution in [0.1, 0.15) is 93.2 Å². The van der Waals surface area contributed by atoms with Gasteiger partial charge in [0, 0.05) is 17.6 Å². The van der Waals surface area contributed by atoms with Gasteiger partial charge in [-0.1, -0.05) is 31.5 Å². The minimum Gasteiger partial charge on any atom is -0.360 e. The number of anilines is 1. The zero-order valence-corrected chi connectivity index (χ0v) is 20.9. The first kappa shape index (κ1) is 25.7. The van der Waals surface area contributed by atoms with Gasteiger partial charge < -0.3 is 14.6 Å². The van der Waals surface area contributed by atoms with Crippen LogP contribution in [0.25, 0.3) is 0 Å². The third kappa shape index (κ3) is 6.63. The lowest BCUT2D eigenvalue weighted by atomic mass is 9.71. The third-order valence-corrected chi connectivity index (χ3v) is 6.83. The molecule has 4 rings (SSSR count). The van der Waals surface area contributed by atoms with E-state index in [4.69, 9.17) is 4.74 Å². The Balaban J connectivity index is 1.53. The summed E-state index contributed by atoms with van der Waals surface area (Å²) in [4.78, 5) is 12.9. The first-order valence-electron chi connectivity index (χ1n) is 12.5. The minimum absolute atomic E-state index is 0.165. The molecule has 0 bridgehead atoms. The van der Waals surface area contributed by atoms with E-state index in [0.29, 0.717) is 23.3 Å². The zero-order valence-electron chi connectivity index (χ0n) is 20.9. The summed E-state index contributed by atoms with van der Waals surface area (Å²) in [5.74, 6) is 2.28. The molecule has 2 aromatic rings. The second kappa shape index (κ2) is 10.3. The average Bonchev–Trinajstić information content (AvgIpc) is 3.48. The highest BCUT2D eigenvalue weighted by molar-refractivity contribution is 5.91. The molecular formula is C26H35F3N4O2. The summed E-state index contributed by atoms with van der Waals surface area (Å²) in [6.45, 7) is 6.81. The summed E-state index contributed by atoms with van der Waals surface area (Å²) in [5, 5.41) is 11.5. The quantitative estimate of drug-likeness (QED) is 0.416. The molecule has 2 aliphatic carbocycles. The van der Waals surface area contributed by atoms with E-state index in [-0.39, 0.29) is 18.4 Å². The van der Waals surface area contributed by atoms with E-state index >= 15 is 0 Å². The molecular weight excluding hydrogens is 457 g/mol. The molecule has 192 valence electrons. The van der Waals surface area contributed by atoms with E-state index in [2.05, 4.69) is 29.4 Å². The highest BCUT2D eigenvalue weighted by Crippen LogP contribution is 2.48. The topological polar surface area (TPSA) is 69.0 Å². The number of nitrogens with zero attached hydrogens (tertiary/aromatic N) is 3. The number of alkyl halides is 3. The number of amides is 1. The van der Waals surface area contributed by atoms with Crippen LogP contribution in [-0.4, -0.2) is 33.5 Å². The number of hydrogen-bond acceptors (Lipinski definition) is 4. The fourth-order valence-corrected chi connectivity index (χ4v) is 5.07. The van der Waals surface area contributed by atoms with Crippen LogP contribution in [0, 0.1) is 25.7 Å². The van der Waals surface area contributed by atoms with Gasteiger partial charge in [-0.2, -0.15) is 13.2 Å². The molecule has 35 heavy (non-hydrogen) atoms. The Morgan fingerprint density at radius 2 is 1.91 bits per heavy atom. The van der Waals surface area contributed by atoms with Gasteiger partial charge in [-0.05, 0) is 69.4 Å². The van der Waals surface area contributed by atoms with E-state index in [1.165, 1.54) is 0 Å². The van der Waals surface area contributed by atoms with Crippen LogP contribution >= 0.6 is 0 Å². The van der Waals surface area contributed by atoms with Crippen molar-refractivity contribution < 1.29 is 22.7 Å². The van der Waals surface area contributed by atoms with Crippen molar-refractivity contribution in [1.29, 1.82) is 0 Å². The van der Waals surface area contributed by atoms with E-state index in [0.717, 1.165) is 49.1 Å². The maximum absolute atomic E-state index is 13.1. The first-order chi connectivity index (χ1) is 16.5. The van der Waals surface area contributed by atoms with Gasteiger partial charge in [0.2, 0.25) is 5.91 Å². The predicted octanol–water partition coefficient (Wildman–Crippen LogP) is 6.42. The van der Waals surface area contributed by atoms with Crippen LogP contribution in [0.15, 0.2) is 18.2 Å². The Labute approximate surface area is 204 Å². The summed E-state index contributed by atoms with van der Waals surface area (Å²) in [6, 6.07) is 5.78. The van der Waals surface area contributed by atoms with Crippen LogP contribution < -0.4 is 5.32 Å². The van der Waals surface area contributed by atoms with Crippen LogP contribution in [0.3, 0.4) is 0 Å². The molecule has 0 saturated heterocycles. The summed E-state index contributed by atoms with van der Waals surface area (Å²) in [7, 11) is 0. The number of ether oxygens (including phenoxy) is 1. The van der Waals surface area contributed by atoms with Crippen LogP contribution in [-0.2, 0) is 9.53 Å². The van der Waals surface area contributed by atoms with Crippen LogP contribution in [0.4, 0.5) is 18.9 Å². The third-order valence-electron chi connectivity index (χ3n) is 6.83. The zero-order chi connectivity index (χ0) is 25.3. The molecule has 1 heterocycles. The molecule has 0 unspecified atom stereocenters. The molecule has 2 aliphatic rings. The lowest BCUT2D eigenvalue weighted by molar-refractivity contribution is -0.188. The normalized spacial score (nSPS) is 21.1. The Morgan fingerprint density at radius 1 is 1.20 bits per heavy atom. The Hall–Kier alpha value is -2.42. The molecule has 1 aromatic heterocycles. The van der Waals surface area contributed by atoms with Crippen molar-refractivity contribution in [2.75, 3.05) is 11.9 Å². The van der Waals surface area contributed by atoms with Gasteiger partial charge >= 0.3 is 6.18 Å². The van der Waals surface area contributed by atoms with E-state index in [1.54, 1.807) is 6.07 Å². The molecule has 1 N–H and O–H groups in total. The number of aryl methyl sites for hydroxylation is 2. The lowest BCUT2D eigenvalue weighted by Crippen LogP contribution is -2.27. The fraction of sp³-hybridized carbons (Fsp3) is 0.654. The number of benzene rings is 1. The van der Waals surface area contributed by atoms with Crippen molar-refractivity contribution in [1.82, 2.24) is 14.8 Å². The smallest absolute Gasteiger partial charge is 0.360 e. The summed E-state index contributed by atoms with van der Waals surface area (Å²) in [6.07, 6.45) is -0.841. The highest BCUT2D eigenvalue weighted by Gasteiger charge is 2.40. The van der Waals surface area contributed by atoms with Gasteiger partial charge in [0.1, 0.15) is 18.5 Å². The van der Waals surface area contributed by atoms with Crippen molar-refractivity contribution in [2.45, 2.75) is 90.5 Å². The fourth-order valence-electron chi connectivity index (χ4n) is 5.07. The first-order valence-corrected chi connectivity index (χ1v) is 12.5.